The Kier molecular flexibility index (Phi) is 5.00. The number of nitrogens with zero attached hydrogens (tertiary/aromatic N) is 1. The monoisotopic (exact) mass is 255 g/mol. The Hall–Kier alpha value is -1.03. The molecule has 1 aromatic carbocycles. The first-order chi connectivity index (χ1) is 8.01. The van der Waals surface area contributed by atoms with Crippen molar-refractivity contribution in [2.24, 2.45) is 0 Å². The molecule has 0 radical (unpaired) electrons. The summed E-state index contributed by atoms with van der Waals surface area (Å²) in [6, 6.07) is 4.44. The van der Waals surface area contributed by atoms with Crippen molar-refractivity contribution in [1.82, 2.24) is 4.90 Å². The van der Waals surface area contributed by atoms with Gasteiger partial charge >= 0.3 is 0 Å². The summed E-state index contributed by atoms with van der Waals surface area (Å²) in [5.74, 6) is -0.478. The molecule has 1 unspecified atom stereocenters. The highest BCUT2D eigenvalue weighted by atomic mass is 32.1. The van der Waals surface area contributed by atoms with Crippen LogP contribution in [0.3, 0.4) is 0 Å². The SMILES string of the molecule is CCC(C)N(CC)C(=O)c1ccc(F)c(S)c1. The molecule has 0 heterocycles. The molecule has 0 fully saturated rings. The van der Waals surface area contributed by atoms with Gasteiger partial charge in [-0.05, 0) is 38.5 Å². The third-order valence-electron chi connectivity index (χ3n) is 2.92. The van der Waals surface area contributed by atoms with Crippen LogP contribution in [0.4, 0.5) is 4.39 Å². The zero-order valence-corrected chi connectivity index (χ0v) is 11.3. The fourth-order valence-corrected chi connectivity index (χ4v) is 1.90. The Balaban J connectivity index is 2.98. The van der Waals surface area contributed by atoms with E-state index < -0.39 is 5.82 Å². The fraction of sp³-hybridized carbons (Fsp3) is 0.462. The Labute approximate surface area is 107 Å². The number of carbonyl (C=O) groups excluding carboxylic acids is 1. The molecule has 0 aliphatic rings. The van der Waals surface area contributed by atoms with E-state index in [1.54, 1.807) is 4.90 Å². The molecule has 0 spiro atoms. The van der Waals surface area contributed by atoms with Crippen molar-refractivity contribution in [2.45, 2.75) is 38.1 Å². The number of benzene rings is 1. The summed E-state index contributed by atoms with van der Waals surface area (Å²) in [5.41, 5.74) is 0.485. The summed E-state index contributed by atoms with van der Waals surface area (Å²) in [7, 11) is 0. The van der Waals surface area contributed by atoms with Crippen LogP contribution in [0.2, 0.25) is 0 Å². The van der Waals surface area contributed by atoms with Crippen LogP contribution in [0.25, 0.3) is 0 Å². The predicted octanol–water partition coefficient (Wildman–Crippen LogP) is 3.38. The van der Waals surface area contributed by atoms with E-state index in [0.717, 1.165) is 6.42 Å². The second-order valence-corrected chi connectivity index (χ2v) is 4.50. The van der Waals surface area contributed by atoms with E-state index >= 15 is 0 Å². The Bertz CT molecular complexity index is 408. The second-order valence-electron chi connectivity index (χ2n) is 4.01. The molecule has 0 saturated heterocycles. The maximum atomic E-state index is 13.1. The number of hydrogen-bond donors (Lipinski definition) is 1. The zero-order chi connectivity index (χ0) is 13.0. The van der Waals surface area contributed by atoms with Gasteiger partial charge in [0.25, 0.3) is 5.91 Å². The van der Waals surface area contributed by atoms with Crippen molar-refractivity contribution in [2.75, 3.05) is 6.54 Å². The zero-order valence-electron chi connectivity index (χ0n) is 10.4. The molecule has 17 heavy (non-hydrogen) atoms. The minimum Gasteiger partial charge on any atom is -0.336 e. The maximum absolute atomic E-state index is 13.1. The van der Waals surface area contributed by atoms with Crippen molar-refractivity contribution in [1.29, 1.82) is 0 Å². The first-order valence-corrected chi connectivity index (χ1v) is 6.25. The van der Waals surface area contributed by atoms with Crippen LogP contribution in [-0.4, -0.2) is 23.4 Å². The van der Waals surface area contributed by atoms with E-state index in [-0.39, 0.29) is 16.8 Å². The molecule has 1 rings (SSSR count). The summed E-state index contributed by atoms with van der Waals surface area (Å²) >= 11 is 3.99. The molecule has 0 bridgehead atoms. The summed E-state index contributed by atoms with van der Waals surface area (Å²) < 4.78 is 13.1. The highest BCUT2D eigenvalue weighted by Gasteiger charge is 2.19. The second kappa shape index (κ2) is 6.05. The summed E-state index contributed by atoms with van der Waals surface area (Å²) in [6.07, 6.45) is 0.897. The Morgan fingerprint density at radius 1 is 1.47 bits per heavy atom. The lowest BCUT2D eigenvalue weighted by atomic mass is 10.1. The van der Waals surface area contributed by atoms with E-state index in [0.29, 0.717) is 12.1 Å². The van der Waals surface area contributed by atoms with Crippen LogP contribution in [-0.2, 0) is 0 Å². The van der Waals surface area contributed by atoms with Gasteiger partial charge in [-0.1, -0.05) is 6.92 Å². The fourth-order valence-electron chi connectivity index (χ4n) is 1.69. The lowest BCUT2D eigenvalue weighted by Gasteiger charge is -2.27. The van der Waals surface area contributed by atoms with Gasteiger partial charge < -0.3 is 4.90 Å². The summed E-state index contributed by atoms with van der Waals surface area (Å²) in [6.45, 7) is 6.63. The standard InChI is InChI=1S/C13H18FNOS/c1-4-9(3)15(5-2)13(16)10-6-7-11(14)12(17)8-10/h6-9,17H,4-5H2,1-3H3. The first-order valence-electron chi connectivity index (χ1n) is 5.80. The van der Waals surface area contributed by atoms with Gasteiger partial charge in [-0.15, -0.1) is 12.6 Å². The number of carbonyl (C=O) groups is 1. The number of rotatable bonds is 4. The number of hydrogen-bond acceptors (Lipinski definition) is 2. The lowest BCUT2D eigenvalue weighted by molar-refractivity contribution is 0.0699. The molecule has 94 valence electrons. The van der Waals surface area contributed by atoms with Crippen LogP contribution in [0.5, 0.6) is 0 Å². The minimum absolute atomic E-state index is 0.0721. The summed E-state index contributed by atoms with van der Waals surface area (Å²) in [5, 5.41) is 0. The molecule has 0 saturated carbocycles. The van der Waals surface area contributed by atoms with E-state index in [1.807, 2.05) is 20.8 Å². The molecule has 0 aromatic heterocycles. The van der Waals surface area contributed by atoms with E-state index in [4.69, 9.17) is 0 Å². The van der Waals surface area contributed by atoms with Gasteiger partial charge in [0, 0.05) is 23.0 Å². The smallest absolute Gasteiger partial charge is 0.254 e. The first kappa shape index (κ1) is 14.0. The Morgan fingerprint density at radius 3 is 2.59 bits per heavy atom. The molecule has 1 aromatic rings. The van der Waals surface area contributed by atoms with Gasteiger partial charge in [-0.3, -0.25) is 4.79 Å². The third-order valence-corrected chi connectivity index (χ3v) is 3.26. The highest BCUT2D eigenvalue weighted by Crippen LogP contribution is 2.17. The van der Waals surface area contributed by atoms with Gasteiger partial charge in [0.1, 0.15) is 5.82 Å². The average Bonchev–Trinajstić information content (AvgIpc) is 2.33. The van der Waals surface area contributed by atoms with Gasteiger partial charge in [0.15, 0.2) is 0 Å². The third kappa shape index (κ3) is 3.22. The average molecular weight is 255 g/mol. The van der Waals surface area contributed by atoms with Crippen molar-refractivity contribution >= 4 is 18.5 Å². The molecule has 2 nitrogen and oxygen atoms in total. The van der Waals surface area contributed by atoms with Crippen LogP contribution in [0, 0.1) is 5.82 Å². The highest BCUT2D eigenvalue weighted by molar-refractivity contribution is 7.80. The summed E-state index contributed by atoms with van der Waals surface area (Å²) in [4.78, 5) is 14.2. The van der Waals surface area contributed by atoms with Crippen molar-refractivity contribution in [3.05, 3.63) is 29.6 Å². The topological polar surface area (TPSA) is 20.3 Å². The van der Waals surface area contributed by atoms with Crippen molar-refractivity contribution < 1.29 is 9.18 Å². The number of amides is 1. The van der Waals surface area contributed by atoms with E-state index in [9.17, 15) is 9.18 Å². The maximum Gasteiger partial charge on any atom is 0.254 e. The number of thiol groups is 1. The van der Waals surface area contributed by atoms with Crippen LogP contribution in [0.15, 0.2) is 23.1 Å². The normalized spacial score (nSPS) is 12.3. The molecule has 0 N–H and O–H groups in total. The van der Waals surface area contributed by atoms with E-state index in [1.165, 1.54) is 18.2 Å². The quantitative estimate of drug-likeness (QED) is 0.818. The molecule has 0 aliphatic carbocycles. The molecular formula is C13H18FNOS. The van der Waals surface area contributed by atoms with Gasteiger partial charge in [0.2, 0.25) is 0 Å². The van der Waals surface area contributed by atoms with E-state index in [2.05, 4.69) is 12.6 Å². The van der Waals surface area contributed by atoms with Crippen molar-refractivity contribution in [3.8, 4) is 0 Å². The Morgan fingerprint density at radius 2 is 2.12 bits per heavy atom. The van der Waals surface area contributed by atoms with Crippen LogP contribution < -0.4 is 0 Å². The van der Waals surface area contributed by atoms with Gasteiger partial charge in [-0.25, -0.2) is 4.39 Å². The largest absolute Gasteiger partial charge is 0.336 e. The molecule has 1 amide bonds. The van der Waals surface area contributed by atoms with Gasteiger partial charge in [0.05, 0.1) is 0 Å². The van der Waals surface area contributed by atoms with Crippen LogP contribution >= 0.6 is 12.6 Å². The molecule has 1 atom stereocenters. The molecular weight excluding hydrogens is 237 g/mol. The van der Waals surface area contributed by atoms with Crippen LogP contribution in [0.1, 0.15) is 37.6 Å². The molecule has 0 aliphatic heterocycles. The predicted molar refractivity (Wildman–Crippen MR) is 70.1 cm³/mol. The van der Waals surface area contributed by atoms with Gasteiger partial charge in [-0.2, -0.15) is 0 Å². The lowest BCUT2D eigenvalue weighted by Crippen LogP contribution is -2.38. The minimum atomic E-state index is -0.406. The molecule has 4 heteroatoms. The van der Waals surface area contributed by atoms with Crippen molar-refractivity contribution in [3.63, 3.8) is 0 Å². The number of halogens is 1.